The quantitative estimate of drug-likeness (QED) is 0.841. The van der Waals surface area contributed by atoms with Gasteiger partial charge in [-0.15, -0.1) is 0 Å². The van der Waals surface area contributed by atoms with Gasteiger partial charge >= 0.3 is 0 Å². The van der Waals surface area contributed by atoms with E-state index in [-0.39, 0.29) is 5.92 Å². The Labute approximate surface area is 114 Å². The molecule has 4 unspecified atom stereocenters. The summed E-state index contributed by atoms with van der Waals surface area (Å²) in [6.07, 6.45) is 3.22. The Balaban J connectivity index is 2.09. The fourth-order valence-electron chi connectivity index (χ4n) is 3.33. The Bertz CT molecular complexity index is 566. The average Bonchev–Trinajstić information content (AvgIpc) is 2.46. The van der Waals surface area contributed by atoms with Crippen LogP contribution in [0.3, 0.4) is 0 Å². The van der Waals surface area contributed by atoms with E-state index in [9.17, 15) is 5.11 Å². The third-order valence-electron chi connectivity index (χ3n) is 4.57. The second kappa shape index (κ2) is 4.78. The van der Waals surface area contributed by atoms with Crippen molar-refractivity contribution < 1.29 is 5.11 Å². The average molecular weight is 253 g/mol. The van der Waals surface area contributed by atoms with E-state index < -0.39 is 6.10 Å². The van der Waals surface area contributed by atoms with E-state index >= 15 is 0 Å². The van der Waals surface area contributed by atoms with Crippen molar-refractivity contribution in [3.05, 3.63) is 65.5 Å². The topological polar surface area (TPSA) is 33.1 Å². The predicted octanol–water partition coefficient (Wildman–Crippen LogP) is 3.65. The highest BCUT2D eigenvalue weighted by Gasteiger charge is 2.38. The van der Waals surface area contributed by atoms with E-state index in [1.165, 1.54) is 5.56 Å². The van der Waals surface area contributed by atoms with Gasteiger partial charge < -0.3 is 5.11 Å². The first-order chi connectivity index (χ1) is 9.20. The highest BCUT2D eigenvalue weighted by Crippen LogP contribution is 2.49. The molecule has 2 aromatic rings. The maximum Gasteiger partial charge on any atom is 0.0864 e. The van der Waals surface area contributed by atoms with Crippen LogP contribution in [0.1, 0.15) is 48.5 Å². The number of pyridine rings is 1. The van der Waals surface area contributed by atoms with Crippen LogP contribution in [0, 0.1) is 5.92 Å². The molecule has 0 spiro atoms. The van der Waals surface area contributed by atoms with Gasteiger partial charge in [0.25, 0.3) is 0 Å². The number of aliphatic hydroxyl groups excluding tert-OH is 1. The smallest absolute Gasteiger partial charge is 0.0864 e. The van der Waals surface area contributed by atoms with Crippen molar-refractivity contribution in [2.24, 2.45) is 5.92 Å². The summed E-state index contributed by atoms with van der Waals surface area (Å²) in [5, 5.41) is 10.7. The Morgan fingerprint density at radius 1 is 1.00 bits per heavy atom. The molecule has 0 aliphatic heterocycles. The molecule has 0 radical (unpaired) electrons. The molecule has 4 atom stereocenters. The molecule has 2 nitrogen and oxygen atoms in total. The Morgan fingerprint density at radius 3 is 2.42 bits per heavy atom. The van der Waals surface area contributed by atoms with E-state index in [0.717, 1.165) is 11.1 Å². The summed E-state index contributed by atoms with van der Waals surface area (Å²) in [5.41, 5.74) is 3.48. The van der Waals surface area contributed by atoms with Crippen LogP contribution in [0.25, 0.3) is 0 Å². The van der Waals surface area contributed by atoms with Crippen molar-refractivity contribution in [3.63, 3.8) is 0 Å². The fraction of sp³-hybridized carbons (Fsp3) is 0.353. The molecule has 19 heavy (non-hydrogen) atoms. The van der Waals surface area contributed by atoms with Crippen LogP contribution >= 0.6 is 0 Å². The molecule has 0 fully saturated rings. The molecule has 98 valence electrons. The first-order valence-electron chi connectivity index (χ1n) is 6.87. The van der Waals surface area contributed by atoms with Gasteiger partial charge in [0.15, 0.2) is 0 Å². The van der Waals surface area contributed by atoms with Crippen LogP contribution in [0.4, 0.5) is 0 Å². The standard InChI is InChI=1S/C17H19NO/c1-11-12(2)16(13-6-5-9-18-10-13)17(19)15-8-4-3-7-14(11)15/h3-12,16-17,19H,1-2H3. The molecule has 3 rings (SSSR count). The number of hydrogen-bond donors (Lipinski definition) is 1. The molecule has 1 aliphatic rings. The lowest BCUT2D eigenvalue weighted by Gasteiger charge is -2.39. The molecular weight excluding hydrogens is 234 g/mol. The zero-order chi connectivity index (χ0) is 13.4. The highest BCUT2D eigenvalue weighted by atomic mass is 16.3. The van der Waals surface area contributed by atoms with Gasteiger partial charge in [-0.25, -0.2) is 0 Å². The lowest BCUT2D eigenvalue weighted by atomic mass is 9.67. The van der Waals surface area contributed by atoms with E-state index in [1.54, 1.807) is 6.20 Å². The van der Waals surface area contributed by atoms with Gasteiger partial charge in [0, 0.05) is 18.3 Å². The zero-order valence-electron chi connectivity index (χ0n) is 11.3. The summed E-state index contributed by atoms with van der Waals surface area (Å²) in [5.74, 6) is 0.970. The molecule has 0 bridgehead atoms. The second-order valence-corrected chi connectivity index (χ2v) is 5.53. The van der Waals surface area contributed by atoms with Crippen LogP contribution < -0.4 is 0 Å². The summed E-state index contributed by atoms with van der Waals surface area (Å²) in [6, 6.07) is 12.3. The lowest BCUT2D eigenvalue weighted by molar-refractivity contribution is 0.0982. The number of hydrogen-bond acceptors (Lipinski definition) is 2. The van der Waals surface area contributed by atoms with Crippen molar-refractivity contribution >= 4 is 0 Å². The maximum absolute atomic E-state index is 10.7. The van der Waals surface area contributed by atoms with Gasteiger partial charge in [0.1, 0.15) is 0 Å². The number of aromatic nitrogens is 1. The molecular formula is C17H19NO. The first-order valence-corrected chi connectivity index (χ1v) is 6.87. The minimum atomic E-state index is -0.438. The van der Waals surface area contributed by atoms with Crippen molar-refractivity contribution in [3.8, 4) is 0 Å². The minimum absolute atomic E-state index is 0.124. The van der Waals surface area contributed by atoms with Crippen molar-refractivity contribution in [2.45, 2.75) is 31.8 Å². The summed E-state index contributed by atoms with van der Waals surface area (Å²) in [6.45, 7) is 4.47. The molecule has 1 aliphatic carbocycles. The van der Waals surface area contributed by atoms with E-state index in [1.807, 2.05) is 24.4 Å². The molecule has 1 aromatic carbocycles. The van der Waals surface area contributed by atoms with Gasteiger partial charge in [0.2, 0.25) is 0 Å². The van der Waals surface area contributed by atoms with E-state index in [4.69, 9.17) is 0 Å². The Hall–Kier alpha value is -1.67. The second-order valence-electron chi connectivity index (χ2n) is 5.53. The third-order valence-corrected chi connectivity index (χ3v) is 4.57. The van der Waals surface area contributed by atoms with E-state index in [0.29, 0.717) is 11.8 Å². The minimum Gasteiger partial charge on any atom is -0.388 e. The predicted molar refractivity (Wildman–Crippen MR) is 76.0 cm³/mol. The van der Waals surface area contributed by atoms with Gasteiger partial charge in [-0.05, 0) is 34.6 Å². The number of rotatable bonds is 1. The SMILES string of the molecule is CC1c2ccccc2C(O)C(c2cccnc2)C1C. The highest BCUT2D eigenvalue weighted by molar-refractivity contribution is 5.39. The molecule has 2 heteroatoms. The number of benzene rings is 1. The van der Waals surface area contributed by atoms with Gasteiger partial charge in [-0.2, -0.15) is 0 Å². The summed E-state index contributed by atoms with van der Waals surface area (Å²) >= 11 is 0. The molecule has 1 aromatic heterocycles. The fourth-order valence-corrected chi connectivity index (χ4v) is 3.33. The van der Waals surface area contributed by atoms with Crippen LogP contribution in [-0.4, -0.2) is 10.1 Å². The maximum atomic E-state index is 10.7. The Morgan fingerprint density at radius 2 is 1.74 bits per heavy atom. The largest absolute Gasteiger partial charge is 0.388 e. The molecule has 1 heterocycles. The van der Waals surface area contributed by atoms with Crippen molar-refractivity contribution in [1.29, 1.82) is 0 Å². The molecule has 0 saturated heterocycles. The summed E-state index contributed by atoms with van der Waals surface area (Å²) < 4.78 is 0. The zero-order valence-corrected chi connectivity index (χ0v) is 11.3. The molecule has 1 N–H and O–H groups in total. The monoisotopic (exact) mass is 253 g/mol. The van der Waals surface area contributed by atoms with Crippen LogP contribution in [0.15, 0.2) is 48.8 Å². The first kappa shape index (κ1) is 12.4. The van der Waals surface area contributed by atoms with Gasteiger partial charge in [0.05, 0.1) is 6.10 Å². The van der Waals surface area contributed by atoms with Crippen LogP contribution in [0.2, 0.25) is 0 Å². The van der Waals surface area contributed by atoms with Crippen molar-refractivity contribution in [1.82, 2.24) is 4.98 Å². The normalized spacial score (nSPS) is 29.8. The van der Waals surface area contributed by atoms with Crippen molar-refractivity contribution in [2.75, 3.05) is 0 Å². The van der Waals surface area contributed by atoms with Gasteiger partial charge in [-0.1, -0.05) is 44.2 Å². The molecule has 0 amide bonds. The number of aliphatic hydroxyl groups is 1. The van der Waals surface area contributed by atoms with Gasteiger partial charge in [-0.3, -0.25) is 4.98 Å². The van der Waals surface area contributed by atoms with Crippen LogP contribution in [0.5, 0.6) is 0 Å². The number of nitrogens with zero attached hydrogens (tertiary/aromatic N) is 1. The van der Waals surface area contributed by atoms with E-state index in [2.05, 4.69) is 37.0 Å². The summed E-state index contributed by atoms with van der Waals surface area (Å²) in [7, 11) is 0. The molecule has 0 saturated carbocycles. The third kappa shape index (κ3) is 1.96. The lowest BCUT2D eigenvalue weighted by Crippen LogP contribution is -2.29. The van der Waals surface area contributed by atoms with Crippen LogP contribution in [-0.2, 0) is 0 Å². The Kier molecular flexibility index (Phi) is 3.11. The number of fused-ring (bicyclic) bond motifs is 1. The summed E-state index contributed by atoms with van der Waals surface area (Å²) in [4.78, 5) is 4.20.